The van der Waals surface area contributed by atoms with Crippen molar-refractivity contribution in [3.05, 3.63) is 0 Å². The third-order valence-electron chi connectivity index (χ3n) is 3.05. The molecule has 0 radical (unpaired) electrons. The van der Waals surface area contributed by atoms with Crippen molar-refractivity contribution in [2.45, 2.75) is 19.1 Å². The lowest BCUT2D eigenvalue weighted by Gasteiger charge is -2.32. The molecule has 0 aliphatic carbocycles. The number of aliphatic hydroxyl groups is 1. The van der Waals surface area contributed by atoms with Crippen molar-refractivity contribution < 1.29 is 24.3 Å². The van der Waals surface area contributed by atoms with Crippen LogP contribution in [0.2, 0.25) is 0 Å². The number of nitrogens with zero attached hydrogens (tertiary/aromatic N) is 2. The van der Waals surface area contributed by atoms with Gasteiger partial charge in [-0.15, -0.1) is 0 Å². The molecule has 0 spiro atoms. The summed E-state index contributed by atoms with van der Waals surface area (Å²) in [5.41, 5.74) is 5.32. The van der Waals surface area contributed by atoms with Crippen LogP contribution in [-0.4, -0.2) is 77.4 Å². The zero-order valence-corrected chi connectivity index (χ0v) is 11.1. The minimum absolute atomic E-state index is 0.0543. The molecule has 4 amide bonds. The summed E-state index contributed by atoms with van der Waals surface area (Å²) in [6, 6.07) is -1.86. The molecule has 1 aliphatic rings. The molecule has 1 heterocycles. The van der Waals surface area contributed by atoms with E-state index < -0.39 is 30.0 Å². The van der Waals surface area contributed by atoms with Gasteiger partial charge >= 0.3 is 17.8 Å². The number of hydrogen-bond acceptors (Lipinski definition) is 6. The number of imide groups is 1. The summed E-state index contributed by atoms with van der Waals surface area (Å²) < 4.78 is 0. The zero-order valence-electron chi connectivity index (χ0n) is 11.1. The lowest BCUT2D eigenvalue weighted by molar-refractivity contribution is -0.153. The van der Waals surface area contributed by atoms with Gasteiger partial charge in [-0.2, -0.15) is 0 Å². The minimum atomic E-state index is -1.47. The summed E-state index contributed by atoms with van der Waals surface area (Å²) in [6.45, 7) is 2.24. The molecule has 1 rings (SSSR count). The van der Waals surface area contributed by atoms with Crippen LogP contribution in [0, 0.1) is 0 Å². The molecular formula is C11H18N4O5. The highest BCUT2D eigenvalue weighted by atomic mass is 16.3. The van der Waals surface area contributed by atoms with Crippen LogP contribution in [0.1, 0.15) is 6.92 Å². The number of likely N-dealkylation sites (N-methyl/N-ethyl adjacent to an activating group) is 1. The zero-order chi connectivity index (χ0) is 15.3. The van der Waals surface area contributed by atoms with Crippen molar-refractivity contribution >= 4 is 24.1 Å². The Morgan fingerprint density at radius 1 is 1.45 bits per heavy atom. The average molecular weight is 286 g/mol. The van der Waals surface area contributed by atoms with Crippen LogP contribution < -0.4 is 11.1 Å². The van der Waals surface area contributed by atoms with E-state index in [-0.39, 0.29) is 25.9 Å². The topological polar surface area (TPSA) is 133 Å². The summed E-state index contributed by atoms with van der Waals surface area (Å²) in [5, 5.41) is 11.6. The van der Waals surface area contributed by atoms with Crippen LogP contribution in [0.5, 0.6) is 0 Å². The van der Waals surface area contributed by atoms with Crippen LogP contribution in [-0.2, 0) is 14.4 Å². The van der Waals surface area contributed by atoms with E-state index in [1.165, 1.54) is 4.90 Å². The maximum Gasteiger partial charge on any atom is 0.324 e. The molecule has 112 valence electrons. The van der Waals surface area contributed by atoms with Gasteiger partial charge in [0.05, 0.1) is 6.04 Å². The second kappa shape index (κ2) is 6.96. The Labute approximate surface area is 115 Å². The standard InChI is InChI=1S/C11H18N4O5/c1-2-14-3-4-15(10(19)9(14)18)11(20)13-7(5-12)8(17)6-16/h6-8,17H,2-5,12H2,1H3,(H,13,20). The number of aldehydes is 1. The van der Waals surface area contributed by atoms with Crippen molar-refractivity contribution in [1.29, 1.82) is 0 Å². The van der Waals surface area contributed by atoms with Gasteiger partial charge in [0.2, 0.25) is 0 Å². The van der Waals surface area contributed by atoms with Crippen molar-refractivity contribution in [2.24, 2.45) is 5.73 Å². The van der Waals surface area contributed by atoms with Gasteiger partial charge in [-0.1, -0.05) is 0 Å². The summed E-state index contributed by atoms with van der Waals surface area (Å²) in [5.74, 6) is -1.69. The van der Waals surface area contributed by atoms with Gasteiger partial charge in [-0.25, -0.2) is 4.79 Å². The molecular weight excluding hydrogens is 268 g/mol. The van der Waals surface area contributed by atoms with Gasteiger partial charge in [-0.3, -0.25) is 14.5 Å². The van der Waals surface area contributed by atoms with Crippen LogP contribution in [0.4, 0.5) is 4.79 Å². The number of rotatable bonds is 5. The van der Waals surface area contributed by atoms with Gasteiger partial charge in [0, 0.05) is 26.2 Å². The third-order valence-corrected chi connectivity index (χ3v) is 3.05. The highest BCUT2D eigenvalue weighted by Gasteiger charge is 2.36. The first-order valence-corrected chi connectivity index (χ1v) is 6.20. The molecule has 2 atom stereocenters. The van der Waals surface area contributed by atoms with E-state index in [1.54, 1.807) is 6.92 Å². The van der Waals surface area contributed by atoms with E-state index in [0.717, 1.165) is 4.90 Å². The monoisotopic (exact) mass is 286 g/mol. The Bertz CT molecular complexity index is 414. The van der Waals surface area contributed by atoms with E-state index in [1.807, 2.05) is 0 Å². The quantitative estimate of drug-likeness (QED) is 0.371. The fraction of sp³-hybridized carbons (Fsp3) is 0.636. The van der Waals surface area contributed by atoms with Gasteiger partial charge < -0.3 is 25.9 Å². The molecule has 2 unspecified atom stereocenters. The number of amides is 4. The van der Waals surface area contributed by atoms with Crippen LogP contribution in [0.15, 0.2) is 0 Å². The first-order chi connectivity index (χ1) is 9.46. The number of piperazine rings is 1. The van der Waals surface area contributed by atoms with Gasteiger partial charge in [0.25, 0.3) is 0 Å². The Balaban J connectivity index is 2.71. The summed E-state index contributed by atoms with van der Waals surface area (Å²) in [7, 11) is 0. The molecule has 9 nitrogen and oxygen atoms in total. The minimum Gasteiger partial charge on any atom is -0.383 e. The largest absolute Gasteiger partial charge is 0.383 e. The number of carbonyl (C=O) groups is 4. The van der Waals surface area contributed by atoms with Gasteiger partial charge in [0.1, 0.15) is 6.10 Å². The smallest absolute Gasteiger partial charge is 0.324 e. The Kier molecular flexibility index (Phi) is 5.59. The number of hydrogen-bond donors (Lipinski definition) is 3. The third kappa shape index (κ3) is 3.31. The van der Waals surface area contributed by atoms with Gasteiger partial charge in [-0.05, 0) is 6.92 Å². The van der Waals surface area contributed by atoms with Crippen LogP contribution in [0.25, 0.3) is 0 Å². The highest BCUT2D eigenvalue weighted by Crippen LogP contribution is 2.05. The molecule has 1 fully saturated rings. The second-order valence-electron chi connectivity index (χ2n) is 4.26. The molecule has 1 aliphatic heterocycles. The van der Waals surface area contributed by atoms with Crippen molar-refractivity contribution in [1.82, 2.24) is 15.1 Å². The summed E-state index contributed by atoms with van der Waals surface area (Å²) >= 11 is 0. The maximum atomic E-state index is 11.9. The highest BCUT2D eigenvalue weighted by molar-refractivity contribution is 6.38. The normalized spacial score (nSPS) is 18.8. The lowest BCUT2D eigenvalue weighted by Crippen LogP contribution is -2.61. The molecule has 0 aromatic heterocycles. The molecule has 0 aromatic carbocycles. The summed E-state index contributed by atoms with van der Waals surface area (Å²) in [4.78, 5) is 47.8. The Hall–Kier alpha value is -2.00. The summed E-state index contributed by atoms with van der Waals surface area (Å²) in [6.07, 6.45) is -1.23. The SMILES string of the molecule is CCN1CCN(C(=O)NC(CN)C(O)C=O)C(=O)C1=O. The van der Waals surface area contributed by atoms with Crippen LogP contribution >= 0.6 is 0 Å². The van der Waals surface area contributed by atoms with Gasteiger partial charge in [0.15, 0.2) is 6.29 Å². The average Bonchev–Trinajstić information content (AvgIpc) is 2.46. The predicted molar refractivity (Wildman–Crippen MR) is 67.4 cm³/mol. The molecule has 0 bridgehead atoms. The number of aliphatic hydroxyl groups excluding tert-OH is 1. The Morgan fingerprint density at radius 3 is 2.60 bits per heavy atom. The van der Waals surface area contributed by atoms with E-state index >= 15 is 0 Å². The van der Waals surface area contributed by atoms with Crippen molar-refractivity contribution in [3.8, 4) is 0 Å². The van der Waals surface area contributed by atoms with Crippen molar-refractivity contribution in [2.75, 3.05) is 26.2 Å². The molecule has 4 N–H and O–H groups in total. The number of nitrogens with two attached hydrogens (primary N) is 1. The first kappa shape index (κ1) is 16.1. The molecule has 1 saturated heterocycles. The first-order valence-electron chi connectivity index (χ1n) is 6.20. The number of urea groups is 1. The van der Waals surface area contributed by atoms with E-state index in [4.69, 9.17) is 5.73 Å². The van der Waals surface area contributed by atoms with E-state index in [9.17, 15) is 24.3 Å². The fourth-order valence-electron chi connectivity index (χ4n) is 1.79. The maximum absolute atomic E-state index is 11.9. The molecule has 20 heavy (non-hydrogen) atoms. The molecule has 0 saturated carbocycles. The van der Waals surface area contributed by atoms with Crippen LogP contribution in [0.3, 0.4) is 0 Å². The number of carbonyl (C=O) groups excluding carboxylic acids is 4. The van der Waals surface area contributed by atoms with E-state index in [2.05, 4.69) is 5.32 Å². The molecule has 9 heteroatoms. The second-order valence-corrected chi connectivity index (χ2v) is 4.26. The molecule has 0 aromatic rings. The fourth-order valence-corrected chi connectivity index (χ4v) is 1.79. The van der Waals surface area contributed by atoms with Crippen molar-refractivity contribution in [3.63, 3.8) is 0 Å². The predicted octanol–water partition coefficient (Wildman–Crippen LogP) is -2.73. The lowest BCUT2D eigenvalue weighted by atomic mass is 10.2. The number of nitrogens with one attached hydrogen (secondary N) is 1. The Morgan fingerprint density at radius 2 is 2.10 bits per heavy atom. The van der Waals surface area contributed by atoms with E-state index in [0.29, 0.717) is 6.54 Å².